The number of amides is 1. The molecule has 0 radical (unpaired) electrons. The highest BCUT2D eigenvalue weighted by molar-refractivity contribution is 5.94. The zero-order valence-electron chi connectivity index (χ0n) is 15.8. The van der Waals surface area contributed by atoms with Crippen molar-refractivity contribution in [1.29, 1.82) is 0 Å². The Morgan fingerprint density at radius 3 is 2.82 bits per heavy atom. The summed E-state index contributed by atoms with van der Waals surface area (Å²) in [6.07, 6.45) is 0.265. The zero-order valence-corrected chi connectivity index (χ0v) is 15.8. The van der Waals surface area contributed by atoms with Gasteiger partial charge in [0, 0.05) is 17.5 Å². The number of hydrogen-bond acceptors (Lipinski definition) is 5. The van der Waals surface area contributed by atoms with Crippen LogP contribution in [0.5, 0.6) is 0 Å². The van der Waals surface area contributed by atoms with Crippen LogP contribution >= 0.6 is 0 Å². The van der Waals surface area contributed by atoms with Gasteiger partial charge >= 0.3 is 5.97 Å². The third-order valence-corrected chi connectivity index (χ3v) is 4.78. The Bertz CT molecular complexity index is 1020. The van der Waals surface area contributed by atoms with E-state index >= 15 is 0 Å². The number of carbonyl (C=O) groups is 2. The lowest BCUT2D eigenvalue weighted by Crippen LogP contribution is -2.26. The van der Waals surface area contributed by atoms with Crippen LogP contribution in [0.2, 0.25) is 0 Å². The Morgan fingerprint density at radius 1 is 1.29 bits per heavy atom. The summed E-state index contributed by atoms with van der Waals surface area (Å²) in [4.78, 5) is 24.2. The van der Waals surface area contributed by atoms with Gasteiger partial charge in [0.15, 0.2) is 0 Å². The molecule has 28 heavy (non-hydrogen) atoms. The number of ether oxygens (including phenoxy) is 1. The van der Waals surface area contributed by atoms with Crippen molar-refractivity contribution in [3.05, 3.63) is 59.5 Å². The normalized spacial score (nSPS) is 15.8. The van der Waals surface area contributed by atoms with E-state index < -0.39 is 5.97 Å². The van der Waals surface area contributed by atoms with E-state index in [1.807, 2.05) is 49.4 Å². The van der Waals surface area contributed by atoms with Gasteiger partial charge in [0.25, 0.3) is 0 Å². The molecule has 0 aliphatic carbocycles. The summed E-state index contributed by atoms with van der Waals surface area (Å²) in [5.41, 5.74) is 2.60. The fraction of sp³-hybridized carbons (Fsp3) is 0.286. The number of nitrogens with one attached hydrogen (secondary N) is 1. The quantitative estimate of drug-likeness (QED) is 0.686. The van der Waals surface area contributed by atoms with E-state index in [0.29, 0.717) is 18.2 Å². The van der Waals surface area contributed by atoms with Crippen LogP contribution in [0.25, 0.3) is 11.3 Å². The number of hydrogen-bond donors (Lipinski definition) is 1. The van der Waals surface area contributed by atoms with Crippen LogP contribution in [0.15, 0.2) is 46.9 Å². The fourth-order valence-corrected chi connectivity index (χ4v) is 3.60. The summed E-state index contributed by atoms with van der Waals surface area (Å²) in [7, 11) is 0. The van der Waals surface area contributed by atoms with E-state index in [9.17, 15) is 9.59 Å². The van der Waals surface area contributed by atoms with Crippen molar-refractivity contribution in [2.75, 3.05) is 11.9 Å². The van der Waals surface area contributed by atoms with E-state index in [-0.39, 0.29) is 24.8 Å². The number of furan rings is 1. The number of rotatable bonds is 5. The van der Waals surface area contributed by atoms with Gasteiger partial charge in [-0.2, -0.15) is 5.10 Å². The minimum absolute atomic E-state index is 0.0512. The molecule has 7 nitrogen and oxygen atoms in total. The number of esters is 1. The first-order valence-corrected chi connectivity index (χ1v) is 9.24. The molecule has 1 aliphatic rings. The molecule has 0 unspecified atom stereocenters. The van der Waals surface area contributed by atoms with Crippen LogP contribution in [0.4, 0.5) is 5.82 Å². The second-order valence-electron chi connectivity index (χ2n) is 6.68. The van der Waals surface area contributed by atoms with E-state index in [1.54, 1.807) is 6.92 Å². The maximum Gasteiger partial charge on any atom is 0.327 e. The molecule has 1 aliphatic heterocycles. The minimum Gasteiger partial charge on any atom is -0.465 e. The van der Waals surface area contributed by atoms with Gasteiger partial charge in [-0.05, 0) is 26.0 Å². The Morgan fingerprint density at radius 2 is 2.07 bits per heavy atom. The van der Waals surface area contributed by atoms with Gasteiger partial charge < -0.3 is 14.5 Å². The number of aromatic nitrogens is 2. The molecule has 0 fully saturated rings. The molecule has 3 aromatic rings. The van der Waals surface area contributed by atoms with E-state index in [0.717, 1.165) is 22.6 Å². The van der Waals surface area contributed by atoms with Crippen LogP contribution in [-0.4, -0.2) is 28.3 Å². The second kappa shape index (κ2) is 7.34. The molecule has 0 saturated carbocycles. The SMILES string of the molecule is CCOC(=O)Cn1nc(C)c2c1NC(=O)C[C@@H]2c1ccc(-c2ccccc2)o1. The Balaban J connectivity index is 1.70. The second-order valence-corrected chi connectivity index (χ2v) is 6.68. The molecule has 1 N–H and O–H groups in total. The molecule has 1 atom stereocenters. The number of benzene rings is 1. The van der Waals surface area contributed by atoms with E-state index in [2.05, 4.69) is 10.4 Å². The number of aryl methyl sites for hydroxylation is 1. The van der Waals surface area contributed by atoms with Crippen molar-refractivity contribution in [3.8, 4) is 11.3 Å². The number of nitrogens with zero attached hydrogens (tertiary/aromatic N) is 2. The predicted molar refractivity (Wildman–Crippen MR) is 103 cm³/mol. The van der Waals surface area contributed by atoms with Crippen molar-refractivity contribution in [2.45, 2.75) is 32.7 Å². The van der Waals surface area contributed by atoms with Crippen molar-refractivity contribution in [2.24, 2.45) is 0 Å². The van der Waals surface area contributed by atoms with E-state index in [1.165, 1.54) is 4.68 Å². The monoisotopic (exact) mass is 379 g/mol. The van der Waals surface area contributed by atoms with Crippen LogP contribution in [0.3, 0.4) is 0 Å². The summed E-state index contributed by atoms with van der Waals surface area (Å²) in [5, 5.41) is 7.30. The number of carbonyl (C=O) groups excluding carboxylic acids is 2. The minimum atomic E-state index is -0.395. The first kappa shape index (κ1) is 18.0. The molecule has 0 bridgehead atoms. The fourth-order valence-electron chi connectivity index (χ4n) is 3.60. The molecule has 0 saturated heterocycles. The molecular formula is C21H21N3O4. The number of fused-ring (bicyclic) bond motifs is 1. The zero-order chi connectivity index (χ0) is 19.7. The summed E-state index contributed by atoms with van der Waals surface area (Å²) >= 11 is 0. The summed E-state index contributed by atoms with van der Waals surface area (Å²) in [6, 6.07) is 13.6. The summed E-state index contributed by atoms with van der Waals surface area (Å²) in [5.74, 6) is 1.20. The Kier molecular flexibility index (Phi) is 4.73. The Hall–Kier alpha value is -3.35. The molecule has 4 rings (SSSR count). The van der Waals surface area contributed by atoms with Crippen molar-refractivity contribution in [1.82, 2.24) is 9.78 Å². The topological polar surface area (TPSA) is 86.4 Å². The molecule has 0 spiro atoms. The van der Waals surface area contributed by atoms with Crippen LogP contribution in [0, 0.1) is 6.92 Å². The highest BCUT2D eigenvalue weighted by Crippen LogP contribution is 2.40. The lowest BCUT2D eigenvalue weighted by molar-refractivity contribution is -0.144. The average Bonchev–Trinajstić information content (AvgIpc) is 3.28. The molecule has 7 heteroatoms. The molecule has 3 heterocycles. The van der Waals surface area contributed by atoms with Crippen molar-refractivity contribution < 1.29 is 18.7 Å². The lowest BCUT2D eigenvalue weighted by Gasteiger charge is -2.22. The lowest BCUT2D eigenvalue weighted by atomic mass is 9.90. The largest absolute Gasteiger partial charge is 0.465 e. The van der Waals surface area contributed by atoms with Crippen molar-refractivity contribution in [3.63, 3.8) is 0 Å². The maximum absolute atomic E-state index is 12.3. The molecular weight excluding hydrogens is 358 g/mol. The smallest absolute Gasteiger partial charge is 0.327 e. The highest BCUT2D eigenvalue weighted by atomic mass is 16.5. The van der Waals surface area contributed by atoms with Gasteiger partial charge in [-0.1, -0.05) is 30.3 Å². The molecule has 1 aromatic carbocycles. The first-order valence-electron chi connectivity index (χ1n) is 9.24. The van der Waals surface area contributed by atoms with Gasteiger partial charge in [-0.3, -0.25) is 9.59 Å². The first-order chi connectivity index (χ1) is 13.6. The van der Waals surface area contributed by atoms with Crippen LogP contribution in [0.1, 0.15) is 36.3 Å². The van der Waals surface area contributed by atoms with Crippen LogP contribution in [-0.2, 0) is 20.9 Å². The van der Waals surface area contributed by atoms with E-state index in [4.69, 9.17) is 9.15 Å². The van der Waals surface area contributed by atoms with Gasteiger partial charge in [0.2, 0.25) is 5.91 Å². The Labute approximate surface area is 162 Å². The molecule has 1 amide bonds. The standard InChI is InChI=1S/C21H21N3O4/c1-3-27-19(26)12-24-21-20(13(2)23-24)15(11-18(25)22-21)17-10-9-16(28-17)14-7-5-4-6-8-14/h4-10,15H,3,11-12H2,1-2H3,(H,22,25)/t15-/m1/s1. The maximum atomic E-state index is 12.3. The van der Waals surface area contributed by atoms with Gasteiger partial charge in [-0.25, -0.2) is 4.68 Å². The summed E-state index contributed by atoms with van der Waals surface area (Å²) < 4.78 is 12.6. The average molecular weight is 379 g/mol. The molecule has 144 valence electrons. The molecule has 2 aromatic heterocycles. The van der Waals surface area contributed by atoms with Crippen LogP contribution < -0.4 is 5.32 Å². The highest BCUT2D eigenvalue weighted by Gasteiger charge is 2.34. The van der Waals surface area contributed by atoms with Gasteiger partial charge in [0.05, 0.1) is 18.2 Å². The predicted octanol–water partition coefficient (Wildman–Crippen LogP) is 3.49. The number of anilines is 1. The van der Waals surface area contributed by atoms with Crippen molar-refractivity contribution >= 4 is 17.7 Å². The van der Waals surface area contributed by atoms with Gasteiger partial charge in [0.1, 0.15) is 23.9 Å². The third-order valence-electron chi connectivity index (χ3n) is 4.78. The summed E-state index contributed by atoms with van der Waals surface area (Å²) in [6.45, 7) is 3.86. The van der Waals surface area contributed by atoms with Gasteiger partial charge in [-0.15, -0.1) is 0 Å². The third kappa shape index (κ3) is 3.31.